The van der Waals surface area contributed by atoms with Crippen LogP contribution in [0.25, 0.3) is 11.1 Å². The maximum Gasteiger partial charge on any atom is 0.426 e. The summed E-state index contributed by atoms with van der Waals surface area (Å²) < 4.78 is 5.04. The largest absolute Gasteiger partial charge is 0.443 e. The fraction of sp³-hybridized carbons (Fsp3) is 0.286. The molecule has 7 nitrogen and oxygen atoms in total. The van der Waals surface area contributed by atoms with Crippen LogP contribution in [0.15, 0.2) is 48.5 Å². The number of carbonyl (C=O) groups excluding carboxylic acids is 3. The maximum atomic E-state index is 11.9. The quantitative estimate of drug-likeness (QED) is 0.705. The third kappa shape index (κ3) is 7.11. The average Bonchev–Trinajstić information content (AvgIpc) is 2.59. The minimum Gasteiger partial charge on any atom is -0.443 e. The van der Waals surface area contributed by atoms with Gasteiger partial charge in [0.1, 0.15) is 5.60 Å². The summed E-state index contributed by atoms with van der Waals surface area (Å²) in [6.07, 6.45) is -0.587. The molecule has 3 N–H and O–H groups in total. The Morgan fingerprint density at radius 2 is 1.39 bits per heavy atom. The molecule has 0 radical (unpaired) electrons. The number of hydrogen-bond acceptors (Lipinski definition) is 4. The molecule has 0 saturated heterocycles. The lowest BCUT2D eigenvalue weighted by atomic mass is 10.0. The zero-order valence-electron chi connectivity index (χ0n) is 16.5. The van der Waals surface area contributed by atoms with Crippen LogP contribution in [-0.2, 0) is 20.7 Å². The molecule has 0 fully saturated rings. The van der Waals surface area contributed by atoms with Crippen LogP contribution >= 0.6 is 0 Å². The van der Waals surface area contributed by atoms with Crippen molar-refractivity contribution in [3.63, 3.8) is 0 Å². The van der Waals surface area contributed by atoms with Gasteiger partial charge < -0.3 is 10.1 Å². The van der Waals surface area contributed by atoms with Crippen molar-refractivity contribution in [3.8, 4) is 11.1 Å². The molecule has 0 spiro atoms. The zero-order chi connectivity index (χ0) is 20.7. The Hall–Kier alpha value is -3.35. The molecule has 0 unspecified atom stereocenters. The number of anilines is 1. The number of nitrogens with one attached hydrogen (secondary N) is 3. The van der Waals surface area contributed by atoms with E-state index in [4.69, 9.17) is 4.74 Å². The Kier molecular flexibility index (Phi) is 6.76. The van der Waals surface area contributed by atoms with Crippen LogP contribution in [0.1, 0.15) is 33.3 Å². The number of ether oxygens (including phenoxy) is 1. The van der Waals surface area contributed by atoms with Crippen LogP contribution in [0.4, 0.5) is 10.5 Å². The van der Waals surface area contributed by atoms with E-state index in [9.17, 15) is 14.4 Å². The highest BCUT2D eigenvalue weighted by Crippen LogP contribution is 2.22. The second-order valence-electron chi connectivity index (χ2n) is 7.31. The van der Waals surface area contributed by atoms with Crippen molar-refractivity contribution in [2.45, 2.75) is 39.7 Å². The number of benzene rings is 2. The second kappa shape index (κ2) is 9.03. The van der Waals surface area contributed by atoms with Crippen molar-refractivity contribution < 1.29 is 19.1 Å². The van der Waals surface area contributed by atoms with Crippen LogP contribution in [0.3, 0.4) is 0 Å². The Morgan fingerprint density at radius 3 is 1.89 bits per heavy atom. The molecule has 0 heterocycles. The van der Waals surface area contributed by atoms with Gasteiger partial charge in [-0.2, -0.15) is 0 Å². The highest BCUT2D eigenvalue weighted by Gasteiger charge is 2.16. The van der Waals surface area contributed by atoms with E-state index in [1.54, 1.807) is 20.8 Å². The molecule has 2 rings (SSSR count). The smallest absolute Gasteiger partial charge is 0.426 e. The van der Waals surface area contributed by atoms with Gasteiger partial charge in [-0.3, -0.25) is 15.0 Å². The first kappa shape index (κ1) is 21.0. The lowest BCUT2D eigenvalue weighted by molar-refractivity contribution is -0.121. The molecule has 0 aromatic heterocycles. The van der Waals surface area contributed by atoms with Gasteiger partial charge in [0.2, 0.25) is 11.8 Å². The molecule has 2 aromatic rings. The van der Waals surface area contributed by atoms with Crippen LogP contribution in [0.2, 0.25) is 0 Å². The molecular formula is C21H25N3O4. The summed E-state index contributed by atoms with van der Waals surface area (Å²) in [6.45, 7) is 6.68. The van der Waals surface area contributed by atoms with E-state index in [-0.39, 0.29) is 18.2 Å². The first-order valence-corrected chi connectivity index (χ1v) is 8.87. The number of hydrogen-bond donors (Lipinski definition) is 3. The lowest BCUT2D eigenvalue weighted by Gasteiger charge is -2.19. The highest BCUT2D eigenvalue weighted by atomic mass is 16.6. The van der Waals surface area contributed by atoms with Crippen molar-refractivity contribution in [1.29, 1.82) is 0 Å². The van der Waals surface area contributed by atoms with Gasteiger partial charge in [0.05, 0.1) is 6.42 Å². The summed E-state index contributed by atoms with van der Waals surface area (Å²) >= 11 is 0. The van der Waals surface area contributed by atoms with Gasteiger partial charge in [-0.25, -0.2) is 10.2 Å². The van der Waals surface area contributed by atoms with Crippen LogP contribution < -0.4 is 16.2 Å². The predicted octanol–water partition coefficient (Wildman–Crippen LogP) is 3.41. The van der Waals surface area contributed by atoms with Gasteiger partial charge in [-0.1, -0.05) is 36.4 Å². The molecule has 0 saturated carbocycles. The van der Waals surface area contributed by atoms with Crippen LogP contribution in [0, 0.1) is 0 Å². The van der Waals surface area contributed by atoms with Gasteiger partial charge in [-0.15, -0.1) is 0 Å². The van der Waals surface area contributed by atoms with E-state index < -0.39 is 11.7 Å². The van der Waals surface area contributed by atoms with Gasteiger partial charge in [0, 0.05) is 12.6 Å². The van der Waals surface area contributed by atoms with Gasteiger partial charge in [0.15, 0.2) is 0 Å². The number of rotatable bonds is 4. The Bertz CT molecular complexity index is 837. The molecule has 148 valence electrons. The molecule has 0 bridgehead atoms. The van der Waals surface area contributed by atoms with E-state index >= 15 is 0 Å². The fourth-order valence-electron chi connectivity index (χ4n) is 2.42. The van der Waals surface area contributed by atoms with Gasteiger partial charge in [0.25, 0.3) is 0 Å². The van der Waals surface area contributed by atoms with E-state index in [0.29, 0.717) is 0 Å². The molecule has 7 heteroatoms. The average molecular weight is 383 g/mol. The molecule has 2 aromatic carbocycles. The summed E-state index contributed by atoms with van der Waals surface area (Å²) in [7, 11) is 0. The van der Waals surface area contributed by atoms with E-state index in [2.05, 4.69) is 16.2 Å². The standard InChI is InChI=1S/C21H25N3O4/c1-14(25)22-18-11-9-17(10-12-18)16-7-5-15(6-8-16)13-19(26)23-24-20(27)28-21(2,3)4/h5-12H,13H2,1-4H3,(H,22,25)(H,23,26)(H,24,27). The maximum absolute atomic E-state index is 11.9. The SMILES string of the molecule is CC(=O)Nc1ccc(-c2ccc(CC(=O)NNC(=O)OC(C)(C)C)cc2)cc1. The molecule has 0 aliphatic heterocycles. The molecule has 0 atom stereocenters. The van der Waals surface area contributed by atoms with Crippen molar-refractivity contribution in [1.82, 2.24) is 10.9 Å². The minimum atomic E-state index is -0.709. The Morgan fingerprint density at radius 1 is 0.857 bits per heavy atom. The van der Waals surface area contributed by atoms with E-state index in [0.717, 1.165) is 22.4 Å². The molecule has 0 aliphatic rings. The minimum absolute atomic E-state index is 0.114. The number of carbonyl (C=O) groups is 3. The monoisotopic (exact) mass is 383 g/mol. The first-order chi connectivity index (χ1) is 13.1. The third-order valence-electron chi connectivity index (χ3n) is 3.56. The second-order valence-corrected chi connectivity index (χ2v) is 7.31. The third-order valence-corrected chi connectivity index (χ3v) is 3.56. The van der Waals surface area contributed by atoms with E-state index in [1.807, 2.05) is 48.5 Å². The Balaban J connectivity index is 1.89. The molecule has 28 heavy (non-hydrogen) atoms. The summed E-state index contributed by atoms with van der Waals surface area (Å²) in [5, 5.41) is 2.72. The summed E-state index contributed by atoms with van der Waals surface area (Å²) in [6, 6.07) is 15.0. The molecule has 0 aliphatic carbocycles. The highest BCUT2D eigenvalue weighted by molar-refractivity contribution is 5.89. The van der Waals surface area contributed by atoms with Crippen LogP contribution in [-0.4, -0.2) is 23.5 Å². The summed E-state index contributed by atoms with van der Waals surface area (Å²) in [5.74, 6) is -0.463. The molecule has 3 amide bonds. The number of amides is 3. The van der Waals surface area contributed by atoms with E-state index in [1.165, 1.54) is 6.92 Å². The summed E-state index contributed by atoms with van der Waals surface area (Å²) in [4.78, 5) is 34.5. The van der Waals surface area contributed by atoms with Gasteiger partial charge >= 0.3 is 6.09 Å². The Labute approximate surface area is 164 Å². The topological polar surface area (TPSA) is 96.5 Å². The normalized spacial score (nSPS) is 10.7. The van der Waals surface area contributed by atoms with Crippen molar-refractivity contribution in [3.05, 3.63) is 54.1 Å². The number of hydrazine groups is 1. The first-order valence-electron chi connectivity index (χ1n) is 8.87. The molecular weight excluding hydrogens is 358 g/mol. The summed E-state index contributed by atoms with van der Waals surface area (Å²) in [5.41, 5.74) is 7.45. The lowest BCUT2D eigenvalue weighted by Crippen LogP contribution is -2.44. The predicted molar refractivity (Wildman–Crippen MR) is 107 cm³/mol. The van der Waals surface area contributed by atoms with Crippen LogP contribution in [0.5, 0.6) is 0 Å². The van der Waals surface area contributed by atoms with Gasteiger partial charge in [-0.05, 0) is 49.6 Å². The van der Waals surface area contributed by atoms with Crippen molar-refractivity contribution >= 4 is 23.6 Å². The van der Waals surface area contributed by atoms with Crippen molar-refractivity contribution in [2.75, 3.05) is 5.32 Å². The zero-order valence-corrected chi connectivity index (χ0v) is 16.5. The fourth-order valence-corrected chi connectivity index (χ4v) is 2.42. The van der Waals surface area contributed by atoms with Crippen molar-refractivity contribution in [2.24, 2.45) is 0 Å².